The van der Waals surface area contributed by atoms with Crippen molar-refractivity contribution >= 4 is 11.7 Å². The first-order chi connectivity index (χ1) is 15.6. The van der Waals surface area contributed by atoms with Crippen molar-refractivity contribution in [3.8, 4) is 5.75 Å². The lowest BCUT2D eigenvalue weighted by Crippen LogP contribution is -2.52. The number of unbranched alkanes of at least 4 members (excludes halogenated alkanes) is 1. The molecule has 0 saturated carbocycles. The average molecular weight is 439 g/mol. The van der Waals surface area contributed by atoms with Crippen LogP contribution in [-0.4, -0.2) is 65.1 Å². The van der Waals surface area contributed by atoms with Crippen LogP contribution in [0.5, 0.6) is 5.75 Å². The summed E-state index contributed by atoms with van der Waals surface area (Å²) in [5.74, 6) is 1.78. The molecule has 0 N–H and O–H groups in total. The third-order valence-electron chi connectivity index (χ3n) is 7.02. The number of benzene rings is 1. The Kier molecular flexibility index (Phi) is 6.00. The van der Waals surface area contributed by atoms with Crippen molar-refractivity contribution < 1.29 is 13.9 Å². The van der Waals surface area contributed by atoms with Crippen LogP contribution < -0.4 is 9.64 Å². The predicted octanol–water partition coefficient (Wildman–Crippen LogP) is 3.46. The number of pyridine rings is 1. The molecule has 3 aliphatic heterocycles. The highest BCUT2D eigenvalue weighted by molar-refractivity contribution is 5.84. The summed E-state index contributed by atoms with van der Waals surface area (Å²) in [6.45, 7) is 6.02. The zero-order chi connectivity index (χ0) is 22.1. The Morgan fingerprint density at radius 3 is 2.66 bits per heavy atom. The van der Waals surface area contributed by atoms with E-state index in [-0.39, 0.29) is 17.8 Å². The number of aromatic nitrogens is 1. The molecule has 0 aliphatic carbocycles. The summed E-state index contributed by atoms with van der Waals surface area (Å²) in [6.07, 6.45) is 5.94. The Labute approximate surface area is 189 Å². The van der Waals surface area contributed by atoms with Gasteiger partial charge in [0.05, 0.1) is 18.8 Å². The summed E-state index contributed by atoms with van der Waals surface area (Å²) in [7, 11) is 0. The molecule has 3 aliphatic rings. The van der Waals surface area contributed by atoms with Gasteiger partial charge in [0, 0.05) is 38.3 Å². The molecular weight excluding hydrogens is 407 g/mol. The SMILES string of the molecule is CCCCOc1ccc(N2C[C@@H]3C[C@H]2CN3[C@@H]2CCN(Cc3ccc(F)cc3)C2=O)nc1. The molecule has 32 heavy (non-hydrogen) atoms. The van der Waals surface area contributed by atoms with Crippen LogP contribution in [-0.2, 0) is 11.3 Å². The van der Waals surface area contributed by atoms with E-state index in [2.05, 4.69) is 27.8 Å². The van der Waals surface area contributed by atoms with Crippen LogP contribution in [0.25, 0.3) is 0 Å². The highest BCUT2D eigenvalue weighted by Gasteiger charge is 2.49. The van der Waals surface area contributed by atoms with Crippen LogP contribution in [0, 0.1) is 5.82 Å². The maximum Gasteiger partial charge on any atom is 0.240 e. The molecule has 5 rings (SSSR count). The van der Waals surface area contributed by atoms with E-state index >= 15 is 0 Å². The highest BCUT2D eigenvalue weighted by atomic mass is 19.1. The number of carbonyl (C=O) groups excluding carboxylic acids is 1. The lowest BCUT2D eigenvalue weighted by molar-refractivity contribution is -0.133. The van der Waals surface area contributed by atoms with E-state index in [1.165, 1.54) is 12.1 Å². The molecule has 2 bridgehead atoms. The van der Waals surface area contributed by atoms with Crippen LogP contribution in [0.4, 0.5) is 10.2 Å². The summed E-state index contributed by atoms with van der Waals surface area (Å²) in [6, 6.07) is 11.3. The van der Waals surface area contributed by atoms with Crippen LogP contribution in [0.15, 0.2) is 42.6 Å². The second-order valence-electron chi connectivity index (χ2n) is 9.14. The number of rotatable bonds is 8. The van der Waals surface area contributed by atoms with Crippen molar-refractivity contribution in [3.05, 3.63) is 54.0 Å². The fourth-order valence-electron chi connectivity index (χ4n) is 5.32. The number of carbonyl (C=O) groups is 1. The van der Waals surface area contributed by atoms with E-state index in [4.69, 9.17) is 4.74 Å². The molecule has 0 radical (unpaired) electrons. The van der Waals surface area contributed by atoms with Gasteiger partial charge in [0.1, 0.15) is 17.4 Å². The summed E-state index contributed by atoms with van der Waals surface area (Å²) in [4.78, 5) is 24.5. The van der Waals surface area contributed by atoms with E-state index in [0.717, 1.165) is 69.1 Å². The molecule has 1 aromatic carbocycles. The Morgan fingerprint density at radius 2 is 1.97 bits per heavy atom. The average Bonchev–Trinajstić information content (AvgIpc) is 3.51. The van der Waals surface area contributed by atoms with Crippen molar-refractivity contribution in [1.82, 2.24) is 14.8 Å². The molecule has 1 amide bonds. The Hall–Kier alpha value is -2.67. The molecule has 3 saturated heterocycles. The van der Waals surface area contributed by atoms with Gasteiger partial charge in [0.25, 0.3) is 0 Å². The van der Waals surface area contributed by atoms with Crippen molar-refractivity contribution in [2.24, 2.45) is 0 Å². The summed E-state index contributed by atoms with van der Waals surface area (Å²) < 4.78 is 18.9. The minimum absolute atomic E-state index is 0.0325. The van der Waals surface area contributed by atoms with Gasteiger partial charge in [-0.2, -0.15) is 0 Å². The van der Waals surface area contributed by atoms with Crippen molar-refractivity contribution in [3.63, 3.8) is 0 Å². The molecule has 0 unspecified atom stereocenters. The summed E-state index contributed by atoms with van der Waals surface area (Å²) >= 11 is 0. The molecule has 1 aromatic heterocycles. The number of halogens is 1. The molecular formula is C25H31FN4O2. The van der Waals surface area contributed by atoms with E-state index < -0.39 is 0 Å². The van der Waals surface area contributed by atoms with Gasteiger partial charge in [-0.25, -0.2) is 9.37 Å². The Morgan fingerprint density at radius 1 is 1.12 bits per heavy atom. The number of fused-ring (bicyclic) bond motifs is 2. The zero-order valence-corrected chi connectivity index (χ0v) is 18.6. The Balaban J connectivity index is 1.17. The first kappa shape index (κ1) is 21.2. The van der Waals surface area contributed by atoms with Gasteiger partial charge in [-0.1, -0.05) is 25.5 Å². The molecule has 6 nitrogen and oxygen atoms in total. The van der Waals surface area contributed by atoms with Crippen LogP contribution in [0.1, 0.15) is 38.2 Å². The molecule has 170 valence electrons. The van der Waals surface area contributed by atoms with E-state index in [1.807, 2.05) is 17.2 Å². The second-order valence-corrected chi connectivity index (χ2v) is 9.14. The van der Waals surface area contributed by atoms with E-state index in [1.54, 1.807) is 12.1 Å². The van der Waals surface area contributed by atoms with Crippen LogP contribution >= 0.6 is 0 Å². The smallest absolute Gasteiger partial charge is 0.240 e. The van der Waals surface area contributed by atoms with Crippen LogP contribution in [0.2, 0.25) is 0 Å². The maximum atomic E-state index is 13.2. The predicted molar refractivity (Wildman–Crippen MR) is 121 cm³/mol. The topological polar surface area (TPSA) is 48.9 Å². The van der Waals surface area contributed by atoms with Gasteiger partial charge in [0.2, 0.25) is 5.91 Å². The standard InChI is InChI=1S/C25H31FN4O2/c1-2-3-12-32-22-8-9-24(27-14-22)30-17-20-13-21(30)16-29(20)23-10-11-28(25(23)31)15-18-4-6-19(26)7-5-18/h4-9,14,20-21,23H,2-3,10-13,15-17H2,1H3/t20-,21-,23+/m0/s1. The van der Waals surface area contributed by atoms with Crippen molar-refractivity contribution in [2.45, 2.75) is 57.3 Å². The van der Waals surface area contributed by atoms with Crippen LogP contribution in [0.3, 0.4) is 0 Å². The zero-order valence-electron chi connectivity index (χ0n) is 18.6. The summed E-state index contributed by atoms with van der Waals surface area (Å²) in [5, 5.41) is 0. The number of nitrogens with zero attached hydrogens (tertiary/aromatic N) is 4. The molecule has 0 spiro atoms. The Bertz CT molecular complexity index is 936. The maximum absolute atomic E-state index is 13.2. The number of likely N-dealkylation sites (tertiary alicyclic amines) is 2. The molecule has 3 atom stereocenters. The molecule has 2 aromatic rings. The van der Waals surface area contributed by atoms with E-state index in [9.17, 15) is 9.18 Å². The second kappa shape index (κ2) is 9.06. The fraction of sp³-hybridized carbons (Fsp3) is 0.520. The van der Waals surface area contributed by atoms with Gasteiger partial charge in [0.15, 0.2) is 0 Å². The van der Waals surface area contributed by atoms with Gasteiger partial charge in [-0.05, 0) is 49.1 Å². The van der Waals surface area contributed by atoms with Gasteiger partial charge in [-0.15, -0.1) is 0 Å². The molecule has 3 fully saturated rings. The number of anilines is 1. The lowest BCUT2D eigenvalue weighted by atomic mass is 10.1. The number of ether oxygens (including phenoxy) is 1. The fourth-order valence-corrected chi connectivity index (χ4v) is 5.32. The monoisotopic (exact) mass is 438 g/mol. The molecule has 7 heteroatoms. The summed E-state index contributed by atoms with van der Waals surface area (Å²) in [5.41, 5.74) is 0.975. The number of piperazine rings is 1. The highest BCUT2D eigenvalue weighted by Crippen LogP contribution is 2.37. The van der Waals surface area contributed by atoms with Crippen molar-refractivity contribution in [2.75, 3.05) is 31.1 Å². The third-order valence-corrected chi connectivity index (χ3v) is 7.02. The number of amides is 1. The van der Waals surface area contributed by atoms with E-state index in [0.29, 0.717) is 18.6 Å². The first-order valence-corrected chi connectivity index (χ1v) is 11.8. The van der Waals surface area contributed by atoms with Gasteiger partial charge < -0.3 is 14.5 Å². The number of hydrogen-bond donors (Lipinski definition) is 0. The van der Waals surface area contributed by atoms with Crippen molar-refractivity contribution in [1.29, 1.82) is 0 Å². The lowest BCUT2D eigenvalue weighted by Gasteiger charge is -2.37. The minimum Gasteiger partial charge on any atom is -0.492 e. The quantitative estimate of drug-likeness (QED) is 0.591. The van der Waals surface area contributed by atoms with Gasteiger partial charge >= 0.3 is 0 Å². The largest absolute Gasteiger partial charge is 0.492 e. The first-order valence-electron chi connectivity index (χ1n) is 11.8. The third kappa shape index (κ3) is 4.18. The normalized spacial score (nSPS) is 25.2. The molecule has 4 heterocycles. The van der Waals surface area contributed by atoms with Gasteiger partial charge in [-0.3, -0.25) is 9.69 Å². The number of hydrogen-bond acceptors (Lipinski definition) is 5. The minimum atomic E-state index is -0.245.